The van der Waals surface area contributed by atoms with Gasteiger partial charge in [0.25, 0.3) is 0 Å². The molecule has 2 aliphatic heterocycles. The minimum absolute atomic E-state index is 0.0362. The molecule has 0 radical (unpaired) electrons. The van der Waals surface area contributed by atoms with Crippen LogP contribution >= 0.6 is 0 Å². The van der Waals surface area contributed by atoms with Gasteiger partial charge in [0.05, 0.1) is 6.54 Å². The molecular formula is C14H25N3O2. The van der Waals surface area contributed by atoms with Gasteiger partial charge in [-0.15, -0.1) is 0 Å². The average molecular weight is 267 g/mol. The summed E-state index contributed by atoms with van der Waals surface area (Å²) in [5.41, 5.74) is -0.238. The molecule has 2 rings (SSSR count). The lowest BCUT2D eigenvalue weighted by Crippen LogP contribution is -2.62. The summed E-state index contributed by atoms with van der Waals surface area (Å²) >= 11 is 0. The van der Waals surface area contributed by atoms with Crippen molar-refractivity contribution in [1.29, 1.82) is 0 Å². The molecule has 0 aromatic carbocycles. The van der Waals surface area contributed by atoms with Gasteiger partial charge in [-0.25, -0.2) is 0 Å². The quantitative estimate of drug-likeness (QED) is 0.783. The van der Waals surface area contributed by atoms with E-state index in [9.17, 15) is 9.59 Å². The van der Waals surface area contributed by atoms with Crippen molar-refractivity contribution in [1.82, 2.24) is 15.1 Å². The van der Waals surface area contributed by atoms with Crippen molar-refractivity contribution < 1.29 is 9.59 Å². The van der Waals surface area contributed by atoms with Crippen LogP contribution in [-0.4, -0.2) is 60.9 Å². The smallest absolute Gasteiger partial charge is 0.246 e. The fraction of sp³-hybridized carbons (Fsp3) is 0.857. The van der Waals surface area contributed by atoms with E-state index in [0.717, 1.165) is 19.5 Å². The molecule has 108 valence electrons. The number of likely N-dealkylation sites (tertiary alicyclic amines) is 1. The van der Waals surface area contributed by atoms with E-state index in [1.54, 1.807) is 4.90 Å². The van der Waals surface area contributed by atoms with E-state index in [1.165, 1.54) is 0 Å². The van der Waals surface area contributed by atoms with Crippen molar-refractivity contribution in [2.45, 2.75) is 33.2 Å². The van der Waals surface area contributed by atoms with Gasteiger partial charge in [0, 0.05) is 13.1 Å². The number of rotatable bonds is 2. The Hall–Kier alpha value is -1.10. The summed E-state index contributed by atoms with van der Waals surface area (Å²) in [6.07, 6.45) is 1.11. The number of hydrogen-bond donors (Lipinski definition) is 1. The third-order valence-corrected chi connectivity index (χ3v) is 4.03. The Morgan fingerprint density at radius 2 is 2.00 bits per heavy atom. The Morgan fingerprint density at radius 3 is 2.53 bits per heavy atom. The van der Waals surface area contributed by atoms with Crippen molar-refractivity contribution in [2.75, 3.05) is 33.2 Å². The van der Waals surface area contributed by atoms with Crippen LogP contribution in [0.1, 0.15) is 27.2 Å². The van der Waals surface area contributed by atoms with Crippen LogP contribution in [0, 0.1) is 11.3 Å². The Morgan fingerprint density at radius 1 is 1.32 bits per heavy atom. The fourth-order valence-corrected chi connectivity index (χ4v) is 2.93. The number of carbonyl (C=O) groups excluding carboxylic acids is 2. The average Bonchev–Trinajstić information content (AvgIpc) is 2.67. The van der Waals surface area contributed by atoms with Gasteiger partial charge in [0.1, 0.15) is 6.04 Å². The summed E-state index contributed by atoms with van der Waals surface area (Å²) in [5, 5.41) is 2.83. The minimum Gasteiger partial charge on any atom is -0.342 e. The monoisotopic (exact) mass is 267 g/mol. The predicted octanol–water partition coefficient (Wildman–Crippen LogP) is 0.311. The molecule has 2 unspecified atom stereocenters. The van der Waals surface area contributed by atoms with Crippen LogP contribution in [0.5, 0.6) is 0 Å². The SMILES string of the molecule is CN1CCC(CN2CC(=O)NC(C(C)(C)C)C2=O)C1. The van der Waals surface area contributed by atoms with Gasteiger partial charge in [-0.05, 0) is 31.3 Å². The maximum absolute atomic E-state index is 12.5. The summed E-state index contributed by atoms with van der Waals surface area (Å²) in [4.78, 5) is 28.3. The lowest BCUT2D eigenvalue weighted by Gasteiger charge is -2.39. The molecule has 1 N–H and O–H groups in total. The molecule has 0 bridgehead atoms. The normalized spacial score (nSPS) is 29.8. The van der Waals surface area contributed by atoms with E-state index < -0.39 is 6.04 Å². The van der Waals surface area contributed by atoms with Crippen LogP contribution in [0.15, 0.2) is 0 Å². The Bertz CT molecular complexity index is 375. The maximum atomic E-state index is 12.5. The van der Waals surface area contributed by atoms with Crippen LogP contribution in [0.25, 0.3) is 0 Å². The van der Waals surface area contributed by atoms with Gasteiger partial charge in [0.2, 0.25) is 11.8 Å². The summed E-state index contributed by atoms with van der Waals surface area (Å²) in [6.45, 7) is 9.00. The number of nitrogens with one attached hydrogen (secondary N) is 1. The van der Waals surface area contributed by atoms with Crippen LogP contribution in [-0.2, 0) is 9.59 Å². The second-order valence-corrected chi connectivity index (χ2v) is 7.00. The van der Waals surface area contributed by atoms with Gasteiger partial charge >= 0.3 is 0 Å². The Balaban J connectivity index is 2.03. The molecule has 2 heterocycles. The minimum atomic E-state index is -0.395. The number of piperazine rings is 1. The summed E-state index contributed by atoms with van der Waals surface area (Å²) in [5.74, 6) is 0.535. The highest BCUT2D eigenvalue weighted by atomic mass is 16.2. The first-order valence-electron chi connectivity index (χ1n) is 7.04. The van der Waals surface area contributed by atoms with E-state index in [0.29, 0.717) is 12.5 Å². The standard InChI is InChI=1S/C14H25N3O2/c1-14(2,3)12-13(19)17(9-11(18)15-12)8-10-5-6-16(4)7-10/h10,12H,5-9H2,1-4H3,(H,15,18). The molecule has 2 amide bonds. The summed E-state index contributed by atoms with van der Waals surface area (Å²) in [7, 11) is 2.10. The predicted molar refractivity (Wildman–Crippen MR) is 73.6 cm³/mol. The van der Waals surface area contributed by atoms with Gasteiger partial charge in [0.15, 0.2) is 0 Å². The van der Waals surface area contributed by atoms with Crippen molar-refractivity contribution in [3.63, 3.8) is 0 Å². The van der Waals surface area contributed by atoms with Crippen molar-refractivity contribution in [3.05, 3.63) is 0 Å². The second-order valence-electron chi connectivity index (χ2n) is 7.00. The number of carbonyl (C=O) groups is 2. The zero-order valence-electron chi connectivity index (χ0n) is 12.4. The third-order valence-electron chi connectivity index (χ3n) is 4.03. The highest BCUT2D eigenvalue weighted by Crippen LogP contribution is 2.24. The van der Waals surface area contributed by atoms with Crippen LogP contribution < -0.4 is 5.32 Å². The fourth-order valence-electron chi connectivity index (χ4n) is 2.93. The highest BCUT2D eigenvalue weighted by Gasteiger charge is 2.40. The zero-order chi connectivity index (χ0) is 14.2. The van der Waals surface area contributed by atoms with E-state index in [-0.39, 0.29) is 23.8 Å². The first kappa shape index (κ1) is 14.3. The molecule has 0 aromatic heterocycles. The first-order chi connectivity index (χ1) is 8.77. The molecule has 2 atom stereocenters. The molecule has 0 aromatic rings. The number of hydrogen-bond acceptors (Lipinski definition) is 3. The van der Waals surface area contributed by atoms with Crippen molar-refractivity contribution in [2.24, 2.45) is 11.3 Å². The molecular weight excluding hydrogens is 242 g/mol. The van der Waals surface area contributed by atoms with Gasteiger partial charge in [-0.2, -0.15) is 0 Å². The van der Waals surface area contributed by atoms with Gasteiger partial charge in [-0.3, -0.25) is 9.59 Å². The Kier molecular flexibility index (Phi) is 3.85. The summed E-state index contributed by atoms with van der Waals surface area (Å²) in [6, 6.07) is -0.395. The highest BCUT2D eigenvalue weighted by molar-refractivity contribution is 5.95. The Labute approximate surface area is 115 Å². The summed E-state index contributed by atoms with van der Waals surface area (Å²) < 4.78 is 0. The molecule has 0 aliphatic carbocycles. The van der Waals surface area contributed by atoms with Crippen LogP contribution in [0.3, 0.4) is 0 Å². The molecule has 2 aliphatic rings. The number of amides is 2. The topological polar surface area (TPSA) is 52.6 Å². The maximum Gasteiger partial charge on any atom is 0.246 e. The molecule has 19 heavy (non-hydrogen) atoms. The third kappa shape index (κ3) is 3.26. The van der Waals surface area contributed by atoms with Crippen LogP contribution in [0.4, 0.5) is 0 Å². The molecule has 0 saturated carbocycles. The van der Waals surface area contributed by atoms with Gasteiger partial charge in [-0.1, -0.05) is 20.8 Å². The first-order valence-corrected chi connectivity index (χ1v) is 7.04. The number of nitrogens with zero attached hydrogens (tertiary/aromatic N) is 2. The zero-order valence-corrected chi connectivity index (χ0v) is 12.4. The van der Waals surface area contributed by atoms with E-state index in [1.807, 2.05) is 20.8 Å². The van der Waals surface area contributed by atoms with E-state index in [2.05, 4.69) is 17.3 Å². The lowest BCUT2D eigenvalue weighted by molar-refractivity contribution is -0.147. The molecule has 2 fully saturated rings. The van der Waals surface area contributed by atoms with E-state index >= 15 is 0 Å². The molecule has 5 nitrogen and oxygen atoms in total. The van der Waals surface area contributed by atoms with Gasteiger partial charge < -0.3 is 15.1 Å². The van der Waals surface area contributed by atoms with Crippen molar-refractivity contribution in [3.8, 4) is 0 Å². The molecule has 5 heteroatoms. The largest absolute Gasteiger partial charge is 0.342 e. The van der Waals surface area contributed by atoms with Crippen molar-refractivity contribution >= 4 is 11.8 Å². The van der Waals surface area contributed by atoms with E-state index in [4.69, 9.17) is 0 Å². The molecule has 0 spiro atoms. The lowest BCUT2D eigenvalue weighted by atomic mass is 9.84. The molecule has 2 saturated heterocycles. The van der Waals surface area contributed by atoms with Crippen LogP contribution in [0.2, 0.25) is 0 Å². The second kappa shape index (κ2) is 5.12.